The lowest BCUT2D eigenvalue weighted by atomic mass is 10.0. The van der Waals surface area contributed by atoms with Crippen molar-refractivity contribution in [3.8, 4) is 5.75 Å². The van der Waals surface area contributed by atoms with Gasteiger partial charge in [-0.3, -0.25) is 4.79 Å². The summed E-state index contributed by atoms with van der Waals surface area (Å²) in [7, 11) is -2.23. The summed E-state index contributed by atoms with van der Waals surface area (Å²) < 4.78 is 28.1. The quantitative estimate of drug-likeness (QED) is 0.794. The van der Waals surface area contributed by atoms with Crippen LogP contribution in [0.1, 0.15) is 35.7 Å². The summed E-state index contributed by atoms with van der Waals surface area (Å²) in [4.78, 5) is 12.8. The van der Waals surface area contributed by atoms with E-state index in [1.807, 2.05) is 13.8 Å². The second-order valence-electron chi connectivity index (χ2n) is 7.21. The van der Waals surface area contributed by atoms with E-state index in [0.717, 1.165) is 5.56 Å². The fraction of sp³-hybridized carbons (Fsp3) is 0.316. The summed E-state index contributed by atoms with van der Waals surface area (Å²) in [5.41, 5.74) is 1.14. The molecule has 0 aliphatic heterocycles. The highest BCUT2D eigenvalue weighted by molar-refractivity contribution is 7.89. The molecule has 1 amide bonds. The zero-order chi connectivity index (χ0) is 20.0. The Balaban J connectivity index is 1.80. The highest BCUT2D eigenvalue weighted by Crippen LogP contribution is 2.58. The molecule has 3 rings (SSSR count). The van der Waals surface area contributed by atoms with Crippen LogP contribution in [0.3, 0.4) is 0 Å². The molecule has 0 heterocycles. The second kappa shape index (κ2) is 6.82. The predicted molar refractivity (Wildman–Crippen MR) is 104 cm³/mol. The van der Waals surface area contributed by atoms with Crippen LogP contribution in [0.25, 0.3) is 0 Å². The summed E-state index contributed by atoms with van der Waals surface area (Å²) in [5, 5.41) is 8.63. The van der Waals surface area contributed by atoms with Gasteiger partial charge in [0.15, 0.2) is 0 Å². The van der Waals surface area contributed by atoms with Crippen LogP contribution in [0, 0.1) is 5.41 Å². The monoisotopic (exact) mass is 408 g/mol. The number of hydrogen-bond donors (Lipinski definition) is 2. The molecule has 0 bridgehead atoms. The van der Waals surface area contributed by atoms with Crippen LogP contribution in [0.15, 0.2) is 47.4 Å². The SMILES string of the molecule is COc1ccc(Cl)cc1C(=O)N[C@H]1C(c2ccc(S(N)(=O)=O)cc2)C1(C)C. The standard InChI is InChI=1S/C19H21ClN2O4S/c1-19(2)16(11-4-7-13(8-5-11)27(21,24)25)17(19)22-18(23)14-10-12(20)6-9-15(14)26-3/h4-10,16-17H,1-3H3,(H,22,23)(H2,21,24,25)/t16?,17-/m0/s1. The molecule has 1 unspecified atom stereocenters. The maximum absolute atomic E-state index is 12.7. The predicted octanol–water partition coefficient (Wildman–Crippen LogP) is 2.92. The van der Waals surface area contributed by atoms with E-state index in [4.69, 9.17) is 21.5 Å². The van der Waals surface area contributed by atoms with Gasteiger partial charge >= 0.3 is 0 Å². The molecule has 1 fully saturated rings. The maximum Gasteiger partial charge on any atom is 0.255 e. The number of benzene rings is 2. The van der Waals surface area contributed by atoms with Crippen LogP contribution in [0.4, 0.5) is 0 Å². The number of hydrogen-bond acceptors (Lipinski definition) is 4. The lowest BCUT2D eigenvalue weighted by Gasteiger charge is -2.10. The number of nitrogens with one attached hydrogen (secondary N) is 1. The smallest absolute Gasteiger partial charge is 0.255 e. The van der Waals surface area contributed by atoms with Crippen molar-refractivity contribution in [1.29, 1.82) is 0 Å². The number of ether oxygens (including phenoxy) is 1. The lowest BCUT2D eigenvalue weighted by molar-refractivity contribution is 0.0943. The third-order valence-corrected chi connectivity index (χ3v) is 6.25. The number of carbonyl (C=O) groups excluding carboxylic acids is 1. The maximum atomic E-state index is 12.7. The van der Waals surface area contributed by atoms with Gasteiger partial charge in [0.05, 0.1) is 17.6 Å². The highest BCUT2D eigenvalue weighted by atomic mass is 35.5. The van der Waals surface area contributed by atoms with Crippen LogP contribution in [-0.2, 0) is 10.0 Å². The van der Waals surface area contributed by atoms with Gasteiger partial charge in [0.2, 0.25) is 10.0 Å². The Morgan fingerprint density at radius 1 is 1.19 bits per heavy atom. The van der Waals surface area contributed by atoms with Crippen LogP contribution in [0.5, 0.6) is 5.75 Å². The molecule has 2 aromatic rings. The first-order valence-electron chi connectivity index (χ1n) is 8.33. The average molecular weight is 409 g/mol. The van der Waals surface area contributed by atoms with Gasteiger partial charge in [-0.25, -0.2) is 13.6 Å². The van der Waals surface area contributed by atoms with Crippen molar-refractivity contribution in [2.24, 2.45) is 10.6 Å². The van der Waals surface area contributed by atoms with Gasteiger partial charge in [-0.05, 0) is 41.3 Å². The fourth-order valence-electron chi connectivity index (χ4n) is 3.47. The number of primary sulfonamides is 1. The molecule has 0 radical (unpaired) electrons. The number of carbonyl (C=O) groups is 1. The van der Waals surface area contributed by atoms with Gasteiger partial charge < -0.3 is 10.1 Å². The second-order valence-corrected chi connectivity index (χ2v) is 9.21. The average Bonchev–Trinajstić information content (AvgIpc) is 3.14. The van der Waals surface area contributed by atoms with Crippen molar-refractivity contribution in [3.63, 3.8) is 0 Å². The number of methoxy groups -OCH3 is 1. The molecule has 1 aliphatic rings. The molecule has 1 aliphatic carbocycles. The molecule has 6 nitrogen and oxygen atoms in total. The fourth-order valence-corrected chi connectivity index (χ4v) is 4.16. The van der Waals surface area contributed by atoms with Gasteiger partial charge in [0.25, 0.3) is 5.91 Å². The Hall–Kier alpha value is -2.09. The van der Waals surface area contributed by atoms with Gasteiger partial charge in [-0.15, -0.1) is 0 Å². The molecular formula is C19H21ClN2O4S. The van der Waals surface area contributed by atoms with Crippen molar-refractivity contribution in [2.45, 2.75) is 30.7 Å². The first-order valence-corrected chi connectivity index (χ1v) is 10.3. The minimum atomic E-state index is -3.73. The van der Waals surface area contributed by atoms with Gasteiger partial charge in [0.1, 0.15) is 5.75 Å². The number of halogens is 1. The van der Waals surface area contributed by atoms with Crippen LogP contribution >= 0.6 is 11.6 Å². The summed E-state index contributed by atoms with van der Waals surface area (Å²) in [6.45, 7) is 4.09. The first-order chi connectivity index (χ1) is 12.6. The van der Waals surface area contributed by atoms with E-state index in [2.05, 4.69) is 5.32 Å². The van der Waals surface area contributed by atoms with E-state index in [1.54, 1.807) is 30.3 Å². The van der Waals surface area contributed by atoms with E-state index in [9.17, 15) is 13.2 Å². The van der Waals surface area contributed by atoms with E-state index in [0.29, 0.717) is 16.3 Å². The molecule has 2 atom stereocenters. The minimum absolute atomic E-state index is 0.0566. The summed E-state index contributed by atoms with van der Waals surface area (Å²) in [6.07, 6.45) is 0. The van der Waals surface area contributed by atoms with E-state index in [-0.39, 0.29) is 28.2 Å². The molecular weight excluding hydrogens is 388 g/mol. The van der Waals surface area contributed by atoms with E-state index >= 15 is 0 Å². The topological polar surface area (TPSA) is 98.5 Å². The molecule has 27 heavy (non-hydrogen) atoms. The van der Waals surface area contributed by atoms with Crippen molar-refractivity contribution in [3.05, 3.63) is 58.6 Å². The Morgan fingerprint density at radius 2 is 1.81 bits per heavy atom. The molecule has 2 aromatic carbocycles. The van der Waals surface area contributed by atoms with Crippen LogP contribution < -0.4 is 15.2 Å². The number of nitrogens with two attached hydrogens (primary N) is 1. The Bertz CT molecular complexity index is 987. The third kappa shape index (κ3) is 3.81. The number of sulfonamides is 1. The van der Waals surface area contributed by atoms with E-state index < -0.39 is 10.0 Å². The van der Waals surface area contributed by atoms with Gasteiger partial charge in [-0.2, -0.15) is 0 Å². The molecule has 0 saturated heterocycles. The van der Waals surface area contributed by atoms with Crippen LogP contribution in [-0.4, -0.2) is 27.5 Å². The van der Waals surface area contributed by atoms with Crippen LogP contribution in [0.2, 0.25) is 5.02 Å². The zero-order valence-corrected chi connectivity index (χ0v) is 16.8. The van der Waals surface area contributed by atoms with Gasteiger partial charge in [0, 0.05) is 17.0 Å². The first kappa shape index (κ1) is 19.7. The summed E-state index contributed by atoms with van der Waals surface area (Å²) >= 11 is 6.01. The number of amides is 1. The largest absolute Gasteiger partial charge is 0.496 e. The van der Waals surface area contributed by atoms with Crippen molar-refractivity contribution in [2.75, 3.05) is 7.11 Å². The van der Waals surface area contributed by atoms with Crippen molar-refractivity contribution < 1.29 is 17.9 Å². The summed E-state index contributed by atoms with van der Waals surface area (Å²) in [5.74, 6) is 0.238. The molecule has 0 aromatic heterocycles. The highest BCUT2D eigenvalue weighted by Gasteiger charge is 2.59. The van der Waals surface area contributed by atoms with Crippen molar-refractivity contribution >= 4 is 27.5 Å². The molecule has 8 heteroatoms. The third-order valence-electron chi connectivity index (χ3n) is 5.09. The molecule has 0 spiro atoms. The lowest BCUT2D eigenvalue weighted by Crippen LogP contribution is -2.29. The Morgan fingerprint density at radius 3 is 2.37 bits per heavy atom. The zero-order valence-electron chi connectivity index (χ0n) is 15.2. The Kier molecular flexibility index (Phi) is 4.96. The molecule has 3 N–H and O–H groups in total. The summed E-state index contributed by atoms with van der Waals surface area (Å²) in [6, 6.07) is 11.2. The Labute approximate surface area is 163 Å². The molecule has 1 saturated carbocycles. The normalized spacial score (nSPS) is 20.8. The number of rotatable bonds is 5. The van der Waals surface area contributed by atoms with Crippen molar-refractivity contribution in [1.82, 2.24) is 5.32 Å². The molecule has 144 valence electrons. The van der Waals surface area contributed by atoms with Gasteiger partial charge in [-0.1, -0.05) is 37.6 Å². The van der Waals surface area contributed by atoms with E-state index in [1.165, 1.54) is 19.2 Å². The minimum Gasteiger partial charge on any atom is -0.496 e.